The summed E-state index contributed by atoms with van der Waals surface area (Å²) < 4.78 is 0. The third-order valence-electron chi connectivity index (χ3n) is 9.57. The maximum Gasteiger partial charge on any atom is 0.220 e. The Hall–Kier alpha value is -2.69. The van der Waals surface area contributed by atoms with Crippen LogP contribution in [0.2, 0.25) is 0 Å². The average Bonchev–Trinajstić information content (AvgIpc) is 3.18. The average molecular weight is 748 g/mol. The van der Waals surface area contributed by atoms with Crippen molar-refractivity contribution in [3.05, 3.63) is 97.2 Å². The molecule has 0 radical (unpaired) electrons. The minimum atomic E-state index is -0.853. The minimum absolute atomic E-state index is 0.0877. The van der Waals surface area contributed by atoms with Crippen molar-refractivity contribution in [1.82, 2.24) is 5.32 Å². The van der Waals surface area contributed by atoms with Crippen LogP contribution in [0, 0.1) is 0 Å². The van der Waals surface area contributed by atoms with E-state index in [9.17, 15) is 15.0 Å². The van der Waals surface area contributed by atoms with Gasteiger partial charge in [0.15, 0.2) is 0 Å². The molecule has 3 N–H and O–H groups in total. The summed E-state index contributed by atoms with van der Waals surface area (Å²) >= 11 is 0. The molecule has 0 fully saturated rings. The van der Waals surface area contributed by atoms with Gasteiger partial charge in [-0.3, -0.25) is 4.79 Å². The highest BCUT2D eigenvalue weighted by molar-refractivity contribution is 5.76. The van der Waals surface area contributed by atoms with Crippen LogP contribution in [-0.2, 0) is 4.79 Å². The fourth-order valence-electron chi connectivity index (χ4n) is 6.16. The summed E-state index contributed by atoms with van der Waals surface area (Å²) in [5.41, 5.74) is 0. The van der Waals surface area contributed by atoms with Crippen molar-refractivity contribution in [2.75, 3.05) is 6.61 Å². The van der Waals surface area contributed by atoms with Gasteiger partial charge in [-0.05, 0) is 77.0 Å². The SMILES string of the molecule is CC/C=C\C/C=C\C/C=C\C/C=C\C/C=C\C/C=C\C/C=C\CCCCCCCC(=O)NC(CO)C(O)/C=C/CCCCCCCCCCCCCCC. The molecule has 0 aliphatic rings. The second-order valence-electron chi connectivity index (χ2n) is 14.7. The van der Waals surface area contributed by atoms with E-state index in [0.717, 1.165) is 83.5 Å². The Bertz CT molecular complexity index is 1030. The molecule has 4 heteroatoms. The Morgan fingerprint density at radius 2 is 0.815 bits per heavy atom. The third kappa shape index (κ3) is 40.5. The maximum absolute atomic E-state index is 12.4. The van der Waals surface area contributed by atoms with E-state index >= 15 is 0 Å². The van der Waals surface area contributed by atoms with Crippen LogP contribution in [0.5, 0.6) is 0 Å². The van der Waals surface area contributed by atoms with Crippen molar-refractivity contribution < 1.29 is 15.0 Å². The Kier molecular flexibility index (Phi) is 42.5. The van der Waals surface area contributed by atoms with Gasteiger partial charge in [0.2, 0.25) is 5.91 Å². The smallest absolute Gasteiger partial charge is 0.220 e. The topological polar surface area (TPSA) is 69.6 Å². The molecule has 2 unspecified atom stereocenters. The van der Waals surface area contributed by atoms with Crippen molar-refractivity contribution in [3.8, 4) is 0 Å². The summed E-state index contributed by atoms with van der Waals surface area (Å²) in [6.45, 7) is 4.17. The van der Waals surface area contributed by atoms with Crippen molar-refractivity contribution in [1.29, 1.82) is 0 Å². The summed E-state index contributed by atoms with van der Waals surface area (Å²) in [7, 11) is 0. The van der Waals surface area contributed by atoms with Gasteiger partial charge in [-0.2, -0.15) is 0 Å². The van der Waals surface area contributed by atoms with Crippen molar-refractivity contribution in [3.63, 3.8) is 0 Å². The van der Waals surface area contributed by atoms with Gasteiger partial charge in [-0.1, -0.05) is 207 Å². The lowest BCUT2D eigenvalue weighted by Crippen LogP contribution is -2.45. The highest BCUT2D eigenvalue weighted by atomic mass is 16.3. The molecule has 54 heavy (non-hydrogen) atoms. The van der Waals surface area contributed by atoms with Gasteiger partial charge in [0.05, 0.1) is 18.8 Å². The first-order valence-electron chi connectivity index (χ1n) is 22.5. The van der Waals surface area contributed by atoms with Gasteiger partial charge in [0.1, 0.15) is 0 Å². The van der Waals surface area contributed by atoms with E-state index < -0.39 is 12.1 Å². The van der Waals surface area contributed by atoms with Crippen LogP contribution in [0.4, 0.5) is 0 Å². The van der Waals surface area contributed by atoms with Gasteiger partial charge >= 0.3 is 0 Å². The maximum atomic E-state index is 12.4. The zero-order valence-corrected chi connectivity index (χ0v) is 35.2. The highest BCUT2D eigenvalue weighted by Crippen LogP contribution is 2.13. The van der Waals surface area contributed by atoms with E-state index in [4.69, 9.17) is 0 Å². The lowest BCUT2D eigenvalue weighted by molar-refractivity contribution is -0.123. The molecule has 0 heterocycles. The molecule has 0 aromatic carbocycles. The quantitative estimate of drug-likeness (QED) is 0.0433. The van der Waals surface area contributed by atoms with Gasteiger partial charge in [-0.25, -0.2) is 0 Å². The lowest BCUT2D eigenvalue weighted by atomic mass is 10.0. The Morgan fingerprint density at radius 3 is 1.22 bits per heavy atom. The van der Waals surface area contributed by atoms with E-state index in [1.54, 1.807) is 6.08 Å². The molecule has 0 spiro atoms. The predicted octanol–water partition coefficient (Wildman–Crippen LogP) is 14.2. The number of unbranched alkanes of at least 4 members (excludes halogenated alkanes) is 18. The van der Waals surface area contributed by atoms with Crippen LogP contribution in [0.3, 0.4) is 0 Å². The summed E-state index contributed by atoms with van der Waals surface area (Å²) in [6.07, 6.45) is 66.5. The monoisotopic (exact) mass is 748 g/mol. The Labute approximate surface area is 334 Å². The molecule has 4 nitrogen and oxygen atoms in total. The molecule has 0 aliphatic carbocycles. The molecular formula is C50H85NO3. The van der Waals surface area contributed by atoms with E-state index in [1.165, 1.54) is 89.9 Å². The molecule has 0 saturated carbocycles. The number of allylic oxidation sites excluding steroid dienone is 15. The summed E-state index contributed by atoms with van der Waals surface area (Å²) in [5, 5.41) is 23.0. The van der Waals surface area contributed by atoms with Crippen LogP contribution in [-0.4, -0.2) is 34.9 Å². The van der Waals surface area contributed by atoms with E-state index in [-0.39, 0.29) is 12.5 Å². The molecule has 0 aromatic heterocycles. The number of aliphatic hydroxyl groups excluding tert-OH is 2. The number of amides is 1. The van der Waals surface area contributed by atoms with Crippen LogP contribution < -0.4 is 5.32 Å². The normalized spacial score (nSPS) is 13.9. The van der Waals surface area contributed by atoms with Crippen LogP contribution in [0.25, 0.3) is 0 Å². The van der Waals surface area contributed by atoms with Gasteiger partial charge in [0.25, 0.3) is 0 Å². The number of carbonyl (C=O) groups excluding carboxylic acids is 1. The van der Waals surface area contributed by atoms with Crippen LogP contribution in [0.1, 0.15) is 194 Å². The Balaban J connectivity index is 3.69. The number of carbonyl (C=O) groups is 1. The first-order chi connectivity index (χ1) is 26.7. The van der Waals surface area contributed by atoms with E-state index in [1.807, 2.05) is 6.08 Å². The van der Waals surface area contributed by atoms with Gasteiger partial charge < -0.3 is 15.5 Å². The fraction of sp³-hybridized carbons (Fsp3) is 0.660. The first kappa shape index (κ1) is 51.3. The number of hydrogen-bond acceptors (Lipinski definition) is 3. The second-order valence-corrected chi connectivity index (χ2v) is 14.7. The number of rotatable bonds is 39. The minimum Gasteiger partial charge on any atom is -0.394 e. The molecule has 1 amide bonds. The van der Waals surface area contributed by atoms with Gasteiger partial charge in [-0.15, -0.1) is 0 Å². The predicted molar refractivity (Wildman–Crippen MR) is 239 cm³/mol. The van der Waals surface area contributed by atoms with Crippen molar-refractivity contribution in [2.24, 2.45) is 0 Å². The van der Waals surface area contributed by atoms with E-state index in [2.05, 4.69) is 104 Å². The van der Waals surface area contributed by atoms with Gasteiger partial charge in [0, 0.05) is 6.42 Å². The fourth-order valence-corrected chi connectivity index (χ4v) is 6.16. The Morgan fingerprint density at radius 1 is 0.463 bits per heavy atom. The highest BCUT2D eigenvalue weighted by Gasteiger charge is 2.17. The number of nitrogens with one attached hydrogen (secondary N) is 1. The molecule has 0 saturated heterocycles. The molecular weight excluding hydrogens is 663 g/mol. The second kappa shape index (κ2) is 44.7. The van der Waals surface area contributed by atoms with Crippen LogP contribution in [0.15, 0.2) is 97.2 Å². The molecule has 0 aliphatic heterocycles. The third-order valence-corrected chi connectivity index (χ3v) is 9.57. The zero-order valence-electron chi connectivity index (χ0n) is 35.2. The largest absolute Gasteiger partial charge is 0.394 e. The van der Waals surface area contributed by atoms with Crippen LogP contribution >= 0.6 is 0 Å². The number of hydrogen-bond donors (Lipinski definition) is 3. The summed E-state index contributed by atoms with van der Waals surface area (Å²) in [6, 6.07) is -0.639. The summed E-state index contributed by atoms with van der Waals surface area (Å²) in [5.74, 6) is -0.0877. The first-order valence-corrected chi connectivity index (χ1v) is 22.5. The van der Waals surface area contributed by atoms with Crippen molar-refractivity contribution in [2.45, 2.75) is 206 Å². The molecule has 0 aromatic rings. The number of aliphatic hydroxyl groups is 2. The van der Waals surface area contributed by atoms with E-state index in [0.29, 0.717) is 6.42 Å². The summed E-state index contributed by atoms with van der Waals surface area (Å²) in [4.78, 5) is 12.4. The lowest BCUT2D eigenvalue weighted by Gasteiger charge is -2.20. The molecule has 2 atom stereocenters. The standard InChI is InChI=1S/C50H85NO3/c1-3-5-7-9-11-13-15-17-19-20-21-22-23-24-25-26-27-28-29-30-32-34-36-38-40-42-44-46-50(54)51-48(47-52)49(53)45-43-41-39-37-35-33-31-18-16-14-12-10-8-6-4-2/h5,7,11,13,17,19,21-22,24-25,27-28,30,32,43,45,48-49,52-53H,3-4,6,8-10,12,14-16,18,20,23,26,29,31,33-42,44,46-47H2,1-2H3,(H,51,54)/b7-5-,13-11-,19-17-,22-21-,25-24-,28-27-,32-30-,45-43+. The molecule has 308 valence electrons. The van der Waals surface area contributed by atoms with Crippen molar-refractivity contribution >= 4 is 5.91 Å². The molecule has 0 bridgehead atoms. The molecule has 0 rings (SSSR count). The zero-order chi connectivity index (χ0) is 39.3.